The second-order valence-corrected chi connectivity index (χ2v) is 6.51. The van der Waals surface area contributed by atoms with E-state index in [0.29, 0.717) is 5.92 Å². The highest BCUT2D eigenvalue weighted by molar-refractivity contribution is 5.73. The van der Waals surface area contributed by atoms with E-state index in [1.54, 1.807) is 0 Å². The van der Waals surface area contributed by atoms with Gasteiger partial charge < -0.3 is 4.57 Å². The molecule has 1 aromatic heterocycles. The molecule has 2 aromatic rings. The number of allylic oxidation sites excluding steroid dienone is 1. The molecule has 1 aliphatic rings. The van der Waals surface area contributed by atoms with Gasteiger partial charge in [-0.1, -0.05) is 45.4 Å². The van der Waals surface area contributed by atoms with Crippen LogP contribution in [0, 0.1) is 6.92 Å². The molecule has 0 bridgehead atoms. The van der Waals surface area contributed by atoms with Crippen LogP contribution in [0.25, 0.3) is 17.0 Å². The van der Waals surface area contributed by atoms with Crippen molar-refractivity contribution in [2.75, 3.05) is 0 Å². The zero-order valence-corrected chi connectivity index (χ0v) is 17.5. The molecule has 0 spiro atoms. The molecule has 3 rings (SSSR count). The summed E-state index contributed by atoms with van der Waals surface area (Å²) in [5, 5.41) is 8.81. The first-order valence-electron chi connectivity index (χ1n) is 9.72. The summed E-state index contributed by atoms with van der Waals surface area (Å²) in [5.41, 5.74) is 6.34. The van der Waals surface area contributed by atoms with Gasteiger partial charge in [-0.05, 0) is 55.4 Å². The molecule has 1 aliphatic carbocycles. The molecule has 0 amide bonds. The summed E-state index contributed by atoms with van der Waals surface area (Å²) in [6, 6.07) is 4.62. The second-order valence-electron chi connectivity index (χ2n) is 6.51. The van der Waals surface area contributed by atoms with Crippen LogP contribution in [0.3, 0.4) is 0 Å². The van der Waals surface area contributed by atoms with Crippen LogP contribution < -0.4 is 0 Å². The van der Waals surface area contributed by atoms with Crippen molar-refractivity contribution in [3.63, 3.8) is 0 Å². The lowest BCUT2D eigenvalue weighted by Gasteiger charge is -2.29. The molecule has 1 heterocycles. The lowest BCUT2D eigenvalue weighted by molar-refractivity contribution is 0.420. The summed E-state index contributed by atoms with van der Waals surface area (Å²) in [5.74, 6) is 2.70. The van der Waals surface area contributed by atoms with E-state index < -0.39 is 0 Å². The molecule has 0 saturated heterocycles. The lowest BCUT2D eigenvalue weighted by atomic mass is 9.76. The number of benzene rings is 1. The van der Waals surface area contributed by atoms with Crippen molar-refractivity contribution in [1.29, 1.82) is 0 Å². The van der Waals surface area contributed by atoms with Crippen LogP contribution in [-0.4, -0.2) is 14.8 Å². The van der Waals surface area contributed by atoms with Gasteiger partial charge in [0.1, 0.15) is 5.82 Å². The predicted octanol–water partition coefficient (Wildman–Crippen LogP) is 6.48. The fourth-order valence-corrected chi connectivity index (χ4v) is 3.34. The third-order valence-electron chi connectivity index (χ3n) is 4.92. The smallest absolute Gasteiger partial charge is 0.164 e. The van der Waals surface area contributed by atoms with Gasteiger partial charge in [0.25, 0.3) is 0 Å². The number of hydrogen-bond donors (Lipinski definition) is 0. The highest BCUT2D eigenvalue weighted by Gasteiger charge is 2.25. The summed E-state index contributed by atoms with van der Waals surface area (Å²) in [4.78, 5) is 0. The fraction of sp³-hybridized carbons (Fsp3) is 0.478. The molecule has 3 nitrogen and oxygen atoms in total. The van der Waals surface area contributed by atoms with Gasteiger partial charge >= 0.3 is 0 Å². The van der Waals surface area contributed by atoms with Gasteiger partial charge in [0.05, 0.1) is 0 Å². The Labute approximate surface area is 159 Å². The van der Waals surface area contributed by atoms with Crippen LogP contribution in [0.15, 0.2) is 31.9 Å². The summed E-state index contributed by atoms with van der Waals surface area (Å²) in [6.07, 6.45) is 4.82. The third kappa shape index (κ3) is 4.32. The monoisotopic (exact) mass is 353 g/mol. The minimum atomic E-state index is 0.676. The van der Waals surface area contributed by atoms with Gasteiger partial charge in [0.15, 0.2) is 5.82 Å². The first-order chi connectivity index (χ1) is 12.5. The van der Waals surface area contributed by atoms with E-state index in [-0.39, 0.29) is 0 Å². The Morgan fingerprint density at radius 3 is 2.23 bits per heavy atom. The Bertz CT molecular complexity index is 736. The van der Waals surface area contributed by atoms with Crippen LogP contribution in [0.1, 0.15) is 75.4 Å². The SMILES string of the molecule is C=C.C=C(C)c1cc(-c2nnc(CC)n2C)c(C2CCC2)cc1C.CC. The van der Waals surface area contributed by atoms with Crippen molar-refractivity contribution in [2.45, 2.75) is 66.2 Å². The molecule has 1 fully saturated rings. The van der Waals surface area contributed by atoms with Gasteiger partial charge in [-0.2, -0.15) is 0 Å². The fourth-order valence-electron chi connectivity index (χ4n) is 3.34. The average molecular weight is 354 g/mol. The number of hydrogen-bond acceptors (Lipinski definition) is 2. The van der Waals surface area contributed by atoms with Gasteiger partial charge in [0.2, 0.25) is 0 Å². The van der Waals surface area contributed by atoms with Crippen molar-refractivity contribution in [3.05, 3.63) is 54.4 Å². The molecule has 1 aromatic carbocycles. The van der Waals surface area contributed by atoms with Gasteiger partial charge in [-0.15, -0.1) is 23.4 Å². The molecule has 0 radical (unpaired) electrons. The molecule has 0 N–H and O–H groups in total. The Morgan fingerprint density at radius 1 is 1.19 bits per heavy atom. The van der Waals surface area contributed by atoms with Crippen molar-refractivity contribution in [2.24, 2.45) is 7.05 Å². The maximum atomic E-state index is 4.47. The molecule has 3 heteroatoms. The highest BCUT2D eigenvalue weighted by Crippen LogP contribution is 2.42. The van der Waals surface area contributed by atoms with Crippen LogP contribution in [0.5, 0.6) is 0 Å². The highest BCUT2D eigenvalue weighted by atomic mass is 15.3. The van der Waals surface area contributed by atoms with Gasteiger partial charge in [0, 0.05) is 19.0 Å². The Balaban J connectivity index is 0.000000791. The minimum absolute atomic E-state index is 0.676. The van der Waals surface area contributed by atoms with E-state index in [4.69, 9.17) is 0 Å². The zero-order chi connectivity index (χ0) is 19.9. The normalized spacial score (nSPS) is 13.0. The maximum absolute atomic E-state index is 4.47. The van der Waals surface area contributed by atoms with Crippen LogP contribution in [0.4, 0.5) is 0 Å². The molecule has 0 aliphatic heterocycles. The number of nitrogens with zero attached hydrogens (tertiary/aromatic N) is 3. The number of aromatic nitrogens is 3. The molecule has 0 atom stereocenters. The van der Waals surface area contributed by atoms with E-state index in [2.05, 4.69) is 74.5 Å². The zero-order valence-electron chi connectivity index (χ0n) is 17.5. The van der Waals surface area contributed by atoms with E-state index in [1.807, 2.05) is 13.8 Å². The average Bonchev–Trinajstić information content (AvgIpc) is 2.97. The van der Waals surface area contributed by atoms with Crippen LogP contribution in [-0.2, 0) is 13.5 Å². The Kier molecular flexibility index (Phi) is 8.50. The molecule has 1 saturated carbocycles. The molecule has 26 heavy (non-hydrogen) atoms. The van der Waals surface area contributed by atoms with E-state index in [1.165, 1.54) is 41.5 Å². The standard InChI is InChI=1S/C19H25N3.C2H6.C2H4/c1-6-18-20-21-19(22(18)5)17-11-15(12(2)3)13(4)10-16(17)14-8-7-9-14;2*1-2/h10-11,14H,2,6-9H2,1,3-5H3;1-2H3;1-2H2. The second kappa shape index (κ2) is 10.1. The molecular formula is C23H35N3. The summed E-state index contributed by atoms with van der Waals surface area (Å²) < 4.78 is 2.13. The van der Waals surface area contributed by atoms with E-state index in [9.17, 15) is 0 Å². The first kappa shape index (κ1) is 21.9. The Morgan fingerprint density at radius 2 is 1.81 bits per heavy atom. The predicted molar refractivity (Wildman–Crippen MR) is 114 cm³/mol. The number of aryl methyl sites for hydroxylation is 2. The molecular weight excluding hydrogens is 318 g/mol. The molecule has 142 valence electrons. The van der Waals surface area contributed by atoms with Crippen LogP contribution >= 0.6 is 0 Å². The van der Waals surface area contributed by atoms with Crippen molar-refractivity contribution < 1.29 is 0 Å². The molecule has 0 unspecified atom stereocenters. The van der Waals surface area contributed by atoms with Gasteiger partial charge in [-0.3, -0.25) is 0 Å². The van der Waals surface area contributed by atoms with E-state index >= 15 is 0 Å². The Hall–Kier alpha value is -2.16. The maximum Gasteiger partial charge on any atom is 0.164 e. The van der Waals surface area contributed by atoms with E-state index in [0.717, 1.165) is 23.6 Å². The van der Waals surface area contributed by atoms with Crippen molar-refractivity contribution >= 4 is 5.57 Å². The first-order valence-corrected chi connectivity index (χ1v) is 9.72. The van der Waals surface area contributed by atoms with Crippen LogP contribution in [0.2, 0.25) is 0 Å². The minimum Gasteiger partial charge on any atom is -0.314 e. The summed E-state index contributed by atoms with van der Waals surface area (Å²) in [6.45, 7) is 20.5. The summed E-state index contributed by atoms with van der Waals surface area (Å²) in [7, 11) is 2.07. The third-order valence-corrected chi connectivity index (χ3v) is 4.92. The number of rotatable bonds is 4. The topological polar surface area (TPSA) is 30.7 Å². The largest absolute Gasteiger partial charge is 0.314 e. The quantitative estimate of drug-likeness (QED) is 0.589. The van der Waals surface area contributed by atoms with Crippen molar-refractivity contribution in [3.8, 4) is 11.4 Å². The lowest BCUT2D eigenvalue weighted by Crippen LogP contribution is -2.12. The van der Waals surface area contributed by atoms with Crippen molar-refractivity contribution in [1.82, 2.24) is 14.8 Å². The van der Waals surface area contributed by atoms with Gasteiger partial charge in [-0.25, -0.2) is 0 Å². The summed E-state index contributed by atoms with van der Waals surface area (Å²) >= 11 is 0.